The van der Waals surface area contributed by atoms with Crippen LogP contribution in [0.25, 0.3) is 0 Å². The summed E-state index contributed by atoms with van der Waals surface area (Å²) >= 11 is 0. The van der Waals surface area contributed by atoms with E-state index in [1.54, 1.807) is 6.08 Å². The second kappa shape index (κ2) is 69.3. The number of allylic oxidation sites excluding steroid dienone is 13. The Labute approximate surface area is 661 Å². The van der Waals surface area contributed by atoms with Crippen LogP contribution in [0.4, 0.5) is 0 Å². The zero-order valence-electron chi connectivity index (χ0n) is 68.3. The lowest BCUT2D eigenvalue weighted by molar-refractivity contribution is -0.379. The zero-order chi connectivity index (χ0) is 78.8. The summed E-state index contributed by atoms with van der Waals surface area (Å²) in [4.78, 5) is 13.5. The number of ether oxygens (including phenoxy) is 6. The lowest BCUT2D eigenvalue weighted by atomic mass is 9.96. The van der Waals surface area contributed by atoms with Crippen LogP contribution in [0.5, 0.6) is 0 Å². The molecule has 3 aliphatic heterocycles. The summed E-state index contributed by atoms with van der Waals surface area (Å²) in [6.07, 6.45) is 67.4. The molecule has 19 heteroatoms. The van der Waals surface area contributed by atoms with Gasteiger partial charge in [0.05, 0.1) is 38.6 Å². The molecule has 17 unspecified atom stereocenters. The molecule has 3 heterocycles. The molecule has 0 bridgehead atoms. The standard InChI is InChI=1S/C90H161NO18/c1-3-5-7-9-11-13-15-17-19-21-23-25-27-29-30-31-32-33-34-35-36-37-38-39-40-41-42-44-46-48-50-52-54-56-58-60-62-64-66-68-78(96)91-73(74(95)67-65-63-61-59-57-55-53-51-49-47-45-43-28-26-24-22-20-18-16-14-12-10-8-6-4-2)72-104-88-84(102)81(99)86(76(70-93)106-88)109-90-85(103)82(100)87(77(71-94)107-90)108-89-83(101)80(98)79(97)75(69-92)105-89/h5,7,11,13,17,19,23,25,49,51,57,59,65,67,73-77,79-90,92-95,97-103H,3-4,6,8-10,12,14-16,18,20-22,24,26-48,50,52-56,58,60-64,66,68-72H2,1-2H3,(H,91,96)/b7-5-,13-11-,19-17-,25-23-,51-49+,59-57+,67-65+. The van der Waals surface area contributed by atoms with E-state index in [4.69, 9.17) is 28.4 Å². The van der Waals surface area contributed by atoms with Crippen molar-refractivity contribution in [2.24, 2.45) is 0 Å². The van der Waals surface area contributed by atoms with Crippen molar-refractivity contribution in [2.75, 3.05) is 26.4 Å². The van der Waals surface area contributed by atoms with E-state index in [1.165, 1.54) is 244 Å². The van der Waals surface area contributed by atoms with Crippen molar-refractivity contribution in [3.63, 3.8) is 0 Å². The Morgan fingerprint density at radius 2 is 0.642 bits per heavy atom. The van der Waals surface area contributed by atoms with E-state index in [0.717, 1.165) is 70.6 Å². The molecule has 17 atom stereocenters. The van der Waals surface area contributed by atoms with Crippen molar-refractivity contribution in [1.29, 1.82) is 0 Å². The molecule has 19 nitrogen and oxygen atoms in total. The molecule has 0 aromatic heterocycles. The van der Waals surface area contributed by atoms with Crippen LogP contribution in [-0.4, -0.2) is 193 Å². The average molecular weight is 1550 g/mol. The minimum absolute atomic E-state index is 0.233. The van der Waals surface area contributed by atoms with Gasteiger partial charge >= 0.3 is 0 Å². The van der Waals surface area contributed by atoms with Crippen molar-refractivity contribution in [3.05, 3.63) is 85.1 Å². The third-order valence-corrected chi connectivity index (χ3v) is 21.7. The van der Waals surface area contributed by atoms with Gasteiger partial charge in [0.25, 0.3) is 0 Å². The van der Waals surface area contributed by atoms with Gasteiger partial charge in [0, 0.05) is 6.42 Å². The molecule has 3 saturated heterocycles. The molecular formula is C90H161NO18. The lowest BCUT2D eigenvalue weighted by Gasteiger charge is -2.48. The highest BCUT2D eigenvalue weighted by Gasteiger charge is 2.54. The fraction of sp³-hybridized carbons (Fsp3) is 0.833. The van der Waals surface area contributed by atoms with Crippen LogP contribution in [0.3, 0.4) is 0 Å². The summed E-state index contributed by atoms with van der Waals surface area (Å²) in [5.41, 5.74) is 0. The number of aliphatic hydroxyl groups is 11. The van der Waals surface area contributed by atoms with E-state index >= 15 is 0 Å². The predicted octanol–water partition coefficient (Wildman–Crippen LogP) is 16.5. The summed E-state index contributed by atoms with van der Waals surface area (Å²) in [5, 5.41) is 121. The maximum absolute atomic E-state index is 13.5. The van der Waals surface area contributed by atoms with Gasteiger partial charge in [0.1, 0.15) is 73.2 Å². The maximum atomic E-state index is 13.5. The molecule has 12 N–H and O–H groups in total. The van der Waals surface area contributed by atoms with Crippen LogP contribution < -0.4 is 5.32 Å². The SMILES string of the molecule is CC/C=C\C/C=C\C/C=C\C/C=C\CCCCCCCCCCCCCCCCCCCCCCCCCCCCC(=O)NC(COC1OC(CO)C(OC2OC(CO)C(OC3OC(CO)C(O)C(O)C3O)C(O)C2O)C(O)C1O)C(O)/C=C/CC/C=C/CC/C=C/CCCCCCCCCCCCCCCCC. The van der Waals surface area contributed by atoms with Crippen LogP contribution in [0, 0.1) is 0 Å². The molecule has 0 aromatic rings. The van der Waals surface area contributed by atoms with Gasteiger partial charge in [-0.3, -0.25) is 4.79 Å². The second-order valence-electron chi connectivity index (χ2n) is 31.3. The number of hydrogen-bond donors (Lipinski definition) is 12. The first kappa shape index (κ1) is 100. The van der Waals surface area contributed by atoms with Gasteiger partial charge in [0.2, 0.25) is 5.91 Å². The first-order valence-electron chi connectivity index (χ1n) is 44.3. The van der Waals surface area contributed by atoms with Crippen molar-refractivity contribution in [2.45, 2.75) is 452 Å². The summed E-state index contributed by atoms with van der Waals surface area (Å²) in [6, 6.07) is -1.000. The molecule has 634 valence electrons. The van der Waals surface area contributed by atoms with Crippen molar-refractivity contribution >= 4 is 5.91 Å². The third kappa shape index (κ3) is 48.2. The van der Waals surface area contributed by atoms with E-state index in [1.807, 2.05) is 6.08 Å². The van der Waals surface area contributed by atoms with Crippen molar-refractivity contribution in [1.82, 2.24) is 5.32 Å². The number of amides is 1. The van der Waals surface area contributed by atoms with Gasteiger partial charge in [0.15, 0.2) is 18.9 Å². The van der Waals surface area contributed by atoms with Crippen molar-refractivity contribution in [3.8, 4) is 0 Å². The van der Waals surface area contributed by atoms with E-state index < -0.39 is 124 Å². The quantitative estimate of drug-likeness (QED) is 0.0199. The topological polar surface area (TPSA) is 307 Å². The van der Waals surface area contributed by atoms with Gasteiger partial charge in [-0.1, -0.05) is 343 Å². The summed E-state index contributed by atoms with van der Waals surface area (Å²) in [7, 11) is 0. The number of nitrogens with one attached hydrogen (secondary N) is 1. The predicted molar refractivity (Wildman–Crippen MR) is 438 cm³/mol. The average Bonchev–Trinajstić information content (AvgIpc) is 0.759. The number of rotatable bonds is 71. The molecule has 3 fully saturated rings. The number of aliphatic hydroxyl groups excluding tert-OH is 11. The van der Waals surface area contributed by atoms with Crippen LogP contribution in [-0.2, 0) is 33.2 Å². The number of unbranched alkanes of at least 4 members (excludes halogenated alkanes) is 43. The fourth-order valence-corrected chi connectivity index (χ4v) is 14.6. The molecule has 3 rings (SSSR count). The lowest BCUT2D eigenvalue weighted by Crippen LogP contribution is -2.66. The summed E-state index contributed by atoms with van der Waals surface area (Å²) in [6.45, 7) is 1.64. The van der Waals surface area contributed by atoms with Crippen LogP contribution in [0.1, 0.15) is 348 Å². The summed E-state index contributed by atoms with van der Waals surface area (Å²) < 4.78 is 34.5. The first-order chi connectivity index (χ1) is 53.3. The summed E-state index contributed by atoms with van der Waals surface area (Å²) in [5.74, 6) is -0.284. The van der Waals surface area contributed by atoms with Gasteiger partial charge < -0.3 is 89.9 Å². The van der Waals surface area contributed by atoms with Crippen molar-refractivity contribution < 1.29 is 89.4 Å². The Morgan fingerprint density at radius 1 is 0.339 bits per heavy atom. The van der Waals surface area contributed by atoms with Gasteiger partial charge in [-0.05, 0) is 83.5 Å². The highest BCUT2D eigenvalue weighted by Crippen LogP contribution is 2.33. The molecule has 0 radical (unpaired) electrons. The van der Waals surface area contributed by atoms with Gasteiger partial charge in [-0.2, -0.15) is 0 Å². The highest BCUT2D eigenvalue weighted by atomic mass is 16.8. The number of hydrogen-bond acceptors (Lipinski definition) is 18. The Morgan fingerprint density at radius 3 is 1.03 bits per heavy atom. The molecule has 0 aromatic carbocycles. The van der Waals surface area contributed by atoms with E-state index in [9.17, 15) is 61.0 Å². The molecule has 3 aliphatic rings. The molecule has 109 heavy (non-hydrogen) atoms. The minimum atomic E-state index is -1.99. The monoisotopic (exact) mass is 1540 g/mol. The normalized spacial score (nSPS) is 25.7. The molecule has 0 aliphatic carbocycles. The van der Waals surface area contributed by atoms with Crippen LogP contribution in [0.15, 0.2) is 85.1 Å². The number of carbonyl (C=O) groups excluding carboxylic acids is 1. The molecular weight excluding hydrogens is 1380 g/mol. The second-order valence-corrected chi connectivity index (χ2v) is 31.3. The van der Waals surface area contributed by atoms with Gasteiger partial charge in [-0.25, -0.2) is 0 Å². The van der Waals surface area contributed by atoms with E-state index in [0.29, 0.717) is 12.8 Å². The highest BCUT2D eigenvalue weighted by molar-refractivity contribution is 5.76. The largest absolute Gasteiger partial charge is 0.394 e. The van der Waals surface area contributed by atoms with E-state index in [2.05, 4.69) is 92.1 Å². The molecule has 0 saturated carbocycles. The molecule has 0 spiro atoms. The Kier molecular flexibility index (Phi) is 63.7. The van der Waals surface area contributed by atoms with E-state index in [-0.39, 0.29) is 18.9 Å². The van der Waals surface area contributed by atoms with Crippen LogP contribution >= 0.6 is 0 Å². The number of carbonyl (C=O) groups is 1. The third-order valence-electron chi connectivity index (χ3n) is 21.7. The zero-order valence-corrected chi connectivity index (χ0v) is 68.3. The Balaban J connectivity index is 1.32. The van der Waals surface area contributed by atoms with Gasteiger partial charge in [-0.15, -0.1) is 0 Å². The fourth-order valence-electron chi connectivity index (χ4n) is 14.6. The van der Waals surface area contributed by atoms with Crippen LogP contribution in [0.2, 0.25) is 0 Å². The molecule has 1 amide bonds. The minimum Gasteiger partial charge on any atom is -0.394 e. The maximum Gasteiger partial charge on any atom is 0.220 e. The Bertz CT molecular complexity index is 2300. The Hall–Kier alpha value is -3.03. The first-order valence-corrected chi connectivity index (χ1v) is 44.3. The smallest absolute Gasteiger partial charge is 0.220 e.